The van der Waals surface area contributed by atoms with Gasteiger partial charge < -0.3 is 19.3 Å². The SMILES string of the molecule is CCOc1ccccc1N1CCN(C(=O)CSc2nc(COC)c(Cc3ccccc3)c(=O)n2C)CC1. The summed E-state index contributed by atoms with van der Waals surface area (Å²) in [5, 5.41) is 0.520. The number of hydrogen-bond donors (Lipinski definition) is 0. The van der Waals surface area contributed by atoms with E-state index in [4.69, 9.17) is 14.5 Å². The quantitative estimate of drug-likeness (QED) is 0.299. The average molecular weight is 523 g/mol. The van der Waals surface area contributed by atoms with Gasteiger partial charge in [-0.3, -0.25) is 14.2 Å². The molecule has 37 heavy (non-hydrogen) atoms. The Morgan fingerprint density at radius 3 is 2.43 bits per heavy atom. The third-order valence-electron chi connectivity index (χ3n) is 6.40. The van der Waals surface area contributed by atoms with Crippen LogP contribution < -0.4 is 15.2 Å². The Bertz CT molecular complexity index is 1260. The molecule has 0 N–H and O–H groups in total. The number of rotatable bonds is 10. The molecule has 0 saturated carbocycles. The molecule has 0 aliphatic carbocycles. The van der Waals surface area contributed by atoms with Crippen molar-refractivity contribution in [1.29, 1.82) is 0 Å². The van der Waals surface area contributed by atoms with Crippen LogP contribution in [0.5, 0.6) is 5.75 Å². The van der Waals surface area contributed by atoms with Crippen molar-refractivity contribution in [2.24, 2.45) is 7.05 Å². The number of thioether (sulfide) groups is 1. The number of carbonyl (C=O) groups excluding carboxylic acids is 1. The molecule has 0 spiro atoms. The van der Waals surface area contributed by atoms with Crippen LogP contribution in [0.15, 0.2) is 64.5 Å². The summed E-state index contributed by atoms with van der Waals surface area (Å²) in [6.45, 7) is 5.58. The monoisotopic (exact) mass is 522 g/mol. The minimum Gasteiger partial charge on any atom is -0.492 e. The number of para-hydroxylation sites is 2. The van der Waals surface area contributed by atoms with Crippen LogP contribution in [0.4, 0.5) is 5.69 Å². The average Bonchev–Trinajstić information content (AvgIpc) is 2.93. The van der Waals surface area contributed by atoms with Crippen molar-refractivity contribution in [2.75, 3.05) is 50.5 Å². The number of carbonyl (C=O) groups is 1. The van der Waals surface area contributed by atoms with Gasteiger partial charge in [0, 0.05) is 52.3 Å². The number of methoxy groups -OCH3 is 1. The summed E-state index contributed by atoms with van der Waals surface area (Å²) in [6, 6.07) is 17.9. The first kappa shape index (κ1) is 26.8. The number of hydrogen-bond acceptors (Lipinski definition) is 7. The molecule has 0 bridgehead atoms. The summed E-state index contributed by atoms with van der Waals surface area (Å²) in [4.78, 5) is 35.1. The molecular weight excluding hydrogens is 488 g/mol. The molecule has 1 aliphatic rings. The molecule has 0 radical (unpaired) electrons. The van der Waals surface area contributed by atoms with Gasteiger partial charge >= 0.3 is 0 Å². The molecule has 1 aromatic heterocycles. The van der Waals surface area contributed by atoms with Crippen LogP contribution >= 0.6 is 11.8 Å². The van der Waals surface area contributed by atoms with E-state index in [1.165, 1.54) is 16.3 Å². The maximum atomic E-state index is 13.2. The van der Waals surface area contributed by atoms with Gasteiger partial charge in [0.2, 0.25) is 5.91 Å². The van der Waals surface area contributed by atoms with E-state index in [1.807, 2.05) is 60.4 Å². The van der Waals surface area contributed by atoms with Crippen molar-refractivity contribution in [2.45, 2.75) is 25.1 Å². The second kappa shape index (κ2) is 12.8. The molecule has 0 unspecified atom stereocenters. The molecule has 2 heterocycles. The molecule has 1 amide bonds. The standard InChI is InChI=1S/C28H34N4O4S/c1-4-36-25-13-9-8-12-24(25)31-14-16-32(17-15-31)26(33)20-37-28-29-23(19-35-3)22(27(34)30(28)2)18-21-10-6-5-7-11-21/h5-13H,4,14-20H2,1-3H3. The first-order chi connectivity index (χ1) is 18.0. The van der Waals surface area contributed by atoms with Crippen LogP contribution in [0.1, 0.15) is 23.7 Å². The zero-order valence-electron chi connectivity index (χ0n) is 21.7. The number of ether oxygens (including phenoxy) is 2. The Kier molecular flexibility index (Phi) is 9.24. The van der Waals surface area contributed by atoms with E-state index < -0.39 is 0 Å². The van der Waals surface area contributed by atoms with Gasteiger partial charge in [-0.2, -0.15) is 0 Å². The van der Waals surface area contributed by atoms with Crippen LogP contribution in [-0.4, -0.2) is 66.0 Å². The summed E-state index contributed by atoms with van der Waals surface area (Å²) >= 11 is 1.30. The summed E-state index contributed by atoms with van der Waals surface area (Å²) in [5.74, 6) is 1.13. The first-order valence-electron chi connectivity index (χ1n) is 12.5. The summed E-state index contributed by atoms with van der Waals surface area (Å²) < 4.78 is 12.7. The number of nitrogens with zero attached hydrogens (tertiary/aromatic N) is 4. The van der Waals surface area contributed by atoms with Gasteiger partial charge in [-0.25, -0.2) is 4.98 Å². The van der Waals surface area contributed by atoms with E-state index in [1.54, 1.807) is 14.2 Å². The minimum absolute atomic E-state index is 0.0404. The predicted molar refractivity (Wildman–Crippen MR) is 147 cm³/mol. The Morgan fingerprint density at radius 1 is 1.03 bits per heavy atom. The molecular formula is C28H34N4O4S. The highest BCUT2D eigenvalue weighted by Gasteiger charge is 2.24. The molecule has 2 aromatic carbocycles. The molecule has 196 valence electrons. The maximum absolute atomic E-state index is 13.2. The van der Waals surface area contributed by atoms with Crippen molar-refractivity contribution in [3.8, 4) is 5.75 Å². The lowest BCUT2D eigenvalue weighted by Gasteiger charge is -2.36. The van der Waals surface area contributed by atoms with E-state index in [2.05, 4.69) is 11.0 Å². The number of anilines is 1. The first-order valence-corrected chi connectivity index (χ1v) is 13.5. The normalized spacial score (nSPS) is 13.6. The zero-order chi connectivity index (χ0) is 26.2. The van der Waals surface area contributed by atoms with Crippen molar-refractivity contribution in [3.05, 3.63) is 81.8 Å². The van der Waals surface area contributed by atoms with E-state index in [0.717, 1.165) is 30.1 Å². The summed E-state index contributed by atoms with van der Waals surface area (Å²) in [5.41, 5.74) is 3.23. The molecule has 1 fully saturated rings. The Morgan fingerprint density at radius 2 is 1.73 bits per heavy atom. The molecule has 0 atom stereocenters. The Labute approximate surface area is 222 Å². The second-order valence-electron chi connectivity index (χ2n) is 8.84. The highest BCUT2D eigenvalue weighted by Crippen LogP contribution is 2.29. The van der Waals surface area contributed by atoms with Crippen LogP contribution in [-0.2, 0) is 29.6 Å². The second-order valence-corrected chi connectivity index (χ2v) is 9.78. The largest absolute Gasteiger partial charge is 0.492 e. The molecule has 3 aromatic rings. The van der Waals surface area contributed by atoms with Gasteiger partial charge in [0.1, 0.15) is 5.75 Å². The molecule has 4 rings (SSSR count). The fraction of sp³-hybridized carbons (Fsp3) is 0.393. The minimum atomic E-state index is -0.109. The lowest BCUT2D eigenvalue weighted by Crippen LogP contribution is -2.49. The summed E-state index contributed by atoms with van der Waals surface area (Å²) in [7, 11) is 3.30. The number of amides is 1. The van der Waals surface area contributed by atoms with Gasteiger partial charge in [-0.05, 0) is 24.6 Å². The Balaban J connectivity index is 1.40. The number of aromatic nitrogens is 2. The molecule has 1 saturated heterocycles. The highest BCUT2D eigenvalue weighted by molar-refractivity contribution is 7.99. The van der Waals surface area contributed by atoms with E-state index in [-0.39, 0.29) is 23.8 Å². The van der Waals surface area contributed by atoms with Gasteiger partial charge in [0.15, 0.2) is 5.16 Å². The lowest BCUT2D eigenvalue weighted by atomic mass is 10.0. The predicted octanol–water partition coefficient (Wildman–Crippen LogP) is 3.36. The smallest absolute Gasteiger partial charge is 0.257 e. The number of piperazine rings is 1. The van der Waals surface area contributed by atoms with Crippen LogP contribution in [0.3, 0.4) is 0 Å². The van der Waals surface area contributed by atoms with Gasteiger partial charge in [0.05, 0.1) is 30.3 Å². The van der Waals surface area contributed by atoms with Gasteiger partial charge in [0.25, 0.3) is 5.56 Å². The molecule has 9 heteroatoms. The maximum Gasteiger partial charge on any atom is 0.257 e. The third-order valence-corrected chi connectivity index (χ3v) is 7.41. The van der Waals surface area contributed by atoms with E-state index in [0.29, 0.717) is 42.5 Å². The van der Waals surface area contributed by atoms with Gasteiger partial charge in [-0.15, -0.1) is 0 Å². The van der Waals surface area contributed by atoms with Gasteiger partial charge in [-0.1, -0.05) is 54.2 Å². The zero-order valence-corrected chi connectivity index (χ0v) is 22.5. The van der Waals surface area contributed by atoms with Crippen LogP contribution in [0, 0.1) is 0 Å². The fourth-order valence-corrected chi connectivity index (χ4v) is 5.33. The van der Waals surface area contributed by atoms with Crippen molar-refractivity contribution >= 4 is 23.4 Å². The molecule has 1 aliphatic heterocycles. The third kappa shape index (κ3) is 6.53. The van der Waals surface area contributed by atoms with Crippen LogP contribution in [0.25, 0.3) is 0 Å². The Hall–Kier alpha value is -3.30. The highest BCUT2D eigenvalue weighted by atomic mass is 32.2. The van der Waals surface area contributed by atoms with Crippen molar-refractivity contribution < 1.29 is 14.3 Å². The number of benzene rings is 2. The van der Waals surface area contributed by atoms with Crippen molar-refractivity contribution in [1.82, 2.24) is 14.5 Å². The van der Waals surface area contributed by atoms with E-state index >= 15 is 0 Å². The lowest BCUT2D eigenvalue weighted by molar-refractivity contribution is -0.128. The van der Waals surface area contributed by atoms with Crippen molar-refractivity contribution in [3.63, 3.8) is 0 Å². The topological polar surface area (TPSA) is 76.9 Å². The van der Waals surface area contributed by atoms with Crippen LogP contribution in [0.2, 0.25) is 0 Å². The fourth-order valence-electron chi connectivity index (χ4n) is 4.44. The van der Waals surface area contributed by atoms with E-state index in [9.17, 15) is 9.59 Å². The molecule has 8 nitrogen and oxygen atoms in total. The summed E-state index contributed by atoms with van der Waals surface area (Å²) in [6.07, 6.45) is 0.486.